The van der Waals surface area contributed by atoms with Gasteiger partial charge in [0.05, 0.1) is 28.0 Å². The Hall–Kier alpha value is -1.69. The van der Waals surface area contributed by atoms with Gasteiger partial charge < -0.3 is 9.55 Å². The lowest BCUT2D eigenvalue weighted by Crippen LogP contribution is -1.90. The summed E-state index contributed by atoms with van der Waals surface area (Å²) in [5.74, 6) is 0.371. The summed E-state index contributed by atoms with van der Waals surface area (Å²) in [7, 11) is 1.88. The SMILES string of the molecule is Cn1cncc1-c1nc2cc(Br)c(F)cc2[nH]1. The smallest absolute Gasteiger partial charge is 0.156 e. The van der Waals surface area contributed by atoms with E-state index in [1.165, 1.54) is 6.07 Å². The van der Waals surface area contributed by atoms with Crippen molar-refractivity contribution in [1.82, 2.24) is 19.5 Å². The standard InChI is InChI=1S/C11H8BrFN4/c1-17-5-14-4-10(17)11-15-8-2-6(12)7(13)3-9(8)16-11/h2-5H,1H3,(H,15,16). The number of H-pyrrole nitrogens is 1. The summed E-state index contributed by atoms with van der Waals surface area (Å²) in [6, 6.07) is 3.08. The van der Waals surface area contributed by atoms with Gasteiger partial charge in [0.25, 0.3) is 0 Å². The molecule has 0 aliphatic carbocycles. The van der Waals surface area contributed by atoms with Crippen molar-refractivity contribution in [3.05, 3.63) is 34.9 Å². The maximum atomic E-state index is 13.4. The summed E-state index contributed by atoms with van der Waals surface area (Å²) in [6.07, 6.45) is 3.40. The lowest BCUT2D eigenvalue weighted by Gasteiger charge is -1.95. The van der Waals surface area contributed by atoms with Crippen molar-refractivity contribution in [1.29, 1.82) is 0 Å². The topological polar surface area (TPSA) is 46.5 Å². The first kappa shape index (κ1) is 10.5. The van der Waals surface area contributed by atoms with Gasteiger partial charge in [0.15, 0.2) is 5.82 Å². The van der Waals surface area contributed by atoms with E-state index >= 15 is 0 Å². The van der Waals surface area contributed by atoms with E-state index in [4.69, 9.17) is 0 Å². The Balaban J connectivity index is 2.24. The predicted octanol–water partition coefficient (Wildman–Crippen LogP) is 2.87. The summed E-state index contributed by atoms with van der Waals surface area (Å²) in [6.45, 7) is 0. The third-order valence-electron chi connectivity index (χ3n) is 2.58. The van der Waals surface area contributed by atoms with Gasteiger partial charge in [-0.3, -0.25) is 0 Å². The van der Waals surface area contributed by atoms with Gasteiger partial charge in [-0.1, -0.05) is 0 Å². The number of imidazole rings is 2. The van der Waals surface area contributed by atoms with E-state index in [2.05, 4.69) is 30.9 Å². The molecule has 6 heteroatoms. The first-order chi connectivity index (χ1) is 8.15. The molecule has 2 heterocycles. The van der Waals surface area contributed by atoms with Crippen molar-refractivity contribution in [3.63, 3.8) is 0 Å². The minimum absolute atomic E-state index is 0.308. The van der Waals surface area contributed by atoms with Crippen molar-refractivity contribution in [2.75, 3.05) is 0 Å². The van der Waals surface area contributed by atoms with Crippen LogP contribution in [0, 0.1) is 5.82 Å². The summed E-state index contributed by atoms with van der Waals surface area (Å²) in [5, 5.41) is 0. The van der Waals surface area contributed by atoms with Gasteiger partial charge in [0.1, 0.15) is 11.5 Å². The van der Waals surface area contributed by atoms with Gasteiger partial charge in [-0.2, -0.15) is 0 Å². The highest BCUT2D eigenvalue weighted by atomic mass is 79.9. The zero-order chi connectivity index (χ0) is 12.0. The molecule has 0 aliphatic rings. The maximum Gasteiger partial charge on any atom is 0.156 e. The van der Waals surface area contributed by atoms with Gasteiger partial charge in [-0.15, -0.1) is 0 Å². The number of hydrogen-bond donors (Lipinski definition) is 1. The van der Waals surface area contributed by atoms with E-state index in [0.717, 1.165) is 11.2 Å². The highest BCUT2D eigenvalue weighted by molar-refractivity contribution is 9.10. The Bertz CT molecular complexity index is 662. The zero-order valence-electron chi connectivity index (χ0n) is 8.91. The second-order valence-corrected chi connectivity index (χ2v) is 4.61. The Morgan fingerprint density at radius 3 is 2.94 bits per heavy atom. The molecule has 1 aromatic carbocycles. The number of aryl methyl sites for hydroxylation is 1. The van der Waals surface area contributed by atoms with Crippen LogP contribution in [-0.4, -0.2) is 19.5 Å². The zero-order valence-corrected chi connectivity index (χ0v) is 10.5. The Kier molecular flexibility index (Phi) is 2.25. The molecular formula is C11H8BrFN4. The van der Waals surface area contributed by atoms with Gasteiger partial charge >= 0.3 is 0 Å². The predicted molar refractivity (Wildman–Crippen MR) is 66.0 cm³/mol. The second-order valence-electron chi connectivity index (χ2n) is 3.76. The molecule has 0 spiro atoms. The molecule has 3 aromatic rings. The highest BCUT2D eigenvalue weighted by Crippen LogP contribution is 2.24. The molecule has 0 saturated carbocycles. The van der Waals surface area contributed by atoms with Crippen LogP contribution in [0.4, 0.5) is 4.39 Å². The number of benzene rings is 1. The van der Waals surface area contributed by atoms with E-state index in [0.29, 0.717) is 15.8 Å². The molecule has 0 radical (unpaired) electrons. The molecule has 0 unspecified atom stereocenters. The third kappa shape index (κ3) is 1.64. The van der Waals surface area contributed by atoms with Gasteiger partial charge in [-0.25, -0.2) is 14.4 Å². The molecule has 2 aromatic heterocycles. The monoisotopic (exact) mass is 294 g/mol. The van der Waals surface area contributed by atoms with Crippen LogP contribution in [-0.2, 0) is 7.05 Å². The van der Waals surface area contributed by atoms with Crippen LogP contribution in [0.5, 0.6) is 0 Å². The van der Waals surface area contributed by atoms with Crippen LogP contribution in [0.3, 0.4) is 0 Å². The van der Waals surface area contributed by atoms with E-state index < -0.39 is 0 Å². The van der Waals surface area contributed by atoms with E-state index in [-0.39, 0.29) is 5.82 Å². The Labute approximate surface area is 105 Å². The molecule has 0 amide bonds. The van der Waals surface area contributed by atoms with E-state index in [9.17, 15) is 4.39 Å². The normalized spacial score (nSPS) is 11.2. The van der Waals surface area contributed by atoms with Crippen molar-refractivity contribution < 1.29 is 4.39 Å². The number of hydrogen-bond acceptors (Lipinski definition) is 2. The fraction of sp³-hybridized carbons (Fsp3) is 0.0909. The average Bonchev–Trinajstić information content (AvgIpc) is 2.85. The fourth-order valence-corrected chi connectivity index (χ4v) is 2.04. The van der Waals surface area contributed by atoms with Crippen molar-refractivity contribution in [2.24, 2.45) is 7.05 Å². The summed E-state index contributed by atoms with van der Waals surface area (Å²) in [4.78, 5) is 11.5. The molecule has 0 bridgehead atoms. The van der Waals surface area contributed by atoms with E-state index in [1.807, 2.05) is 11.6 Å². The number of halogens is 2. The quantitative estimate of drug-likeness (QED) is 0.750. The molecule has 0 atom stereocenters. The lowest BCUT2D eigenvalue weighted by molar-refractivity contribution is 0.623. The Morgan fingerprint density at radius 2 is 2.24 bits per heavy atom. The number of nitrogens with one attached hydrogen (secondary N) is 1. The molecule has 17 heavy (non-hydrogen) atoms. The first-order valence-corrected chi connectivity index (χ1v) is 5.76. The molecule has 4 nitrogen and oxygen atoms in total. The number of nitrogens with zero attached hydrogens (tertiary/aromatic N) is 3. The van der Waals surface area contributed by atoms with Crippen LogP contribution in [0.1, 0.15) is 0 Å². The number of fused-ring (bicyclic) bond motifs is 1. The van der Waals surface area contributed by atoms with Crippen LogP contribution < -0.4 is 0 Å². The summed E-state index contributed by atoms with van der Waals surface area (Å²) >= 11 is 3.14. The molecule has 0 fully saturated rings. The summed E-state index contributed by atoms with van der Waals surface area (Å²) < 4.78 is 15.6. The van der Waals surface area contributed by atoms with E-state index in [1.54, 1.807) is 18.6 Å². The van der Waals surface area contributed by atoms with Crippen molar-refractivity contribution in [2.45, 2.75) is 0 Å². The van der Waals surface area contributed by atoms with Gasteiger partial charge in [-0.05, 0) is 22.0 Å². The van der Waals surface area contributed by atoms with Gasteiger partial charge in [0, 0.05) is 13.1 Å². The first-order valence-electron chi connectivity index (χ1n) is 4.96. The molecule has 0 saturated heterocycles. The minimum Gasteiger partial charge on any atom is -0.337 e. The number of aromatic nitrogens is 4. The summed E-state index contributed by atoms with van der Waals surface area (Å²) in [5.41, 5.74) is 2.24. The lowest BCUT2D eigenvalue weighted by atomic mass is 10.3. The van der Waals surface area contributed by atoms with Crippen LogP contribution in [0.2, 0.25) is 0 Å². The maximum absolute atomic E-state index is 13.4. The fourth-order valence-electron chi connectivity index (χ4n) is 1.71. The molecule has 86 valence electrons. The third-order valence-corrected chi connectivity index (χ3v) is 3.19. The minimum atomic E-state index is -0.308. The van der Waals surface area contributed by atoms with Crippen LogP contribution >= 0.6 is 15.9 Å². The largest absolute Gasteiger partial charge is 0.337 e. The van der Waals surface area contributed by atoms with Crippen LogP contribution in [0.15, 0.2) is 29.1 Å². The highest BCUT2D eigenvalue weighted by Gasteiger charge is 2.10. The van der Waals surface area contributed by atoms with Gasteiger partial charge in [0.2, 0.25) is 0 Å². The Morgan fingerprint density at radius 1 is 1.41 bits per heavy atom. The molecule has 1 N–H and O–H groups in total. The van der Waals surface area contributed by atoms with Crippen LogP contribution in [0.25, 0.3) is 22.6 Å². The number of aromatic amines is 1. The average molecular weight is 295 g/mol. The van der Waals surface area contributed by atoms with Crippen molar-refractivity contribution in [3.8, 4) is 11.5 Å². The molecule has 0 aliphatic heterocycles. The number of rotatable bonds is 1. The van der Waals surface area contributed by atoms with Crippen molar-refractivity contribution >= 4 is 27.0 Å². The molecular weight excluding hydrogens is 287 g/mol. The molecule has 3 rings (SSSR count). The second kappa shape index (κ2) is 3.66.